The second-order valence-electron chi connectivity index (χ2n) is 5.72. The summed E-state index contributed by atoms with van der Waals surface area (Å²) in [5.74, 6) is 0.642. The molecule has 0 aromatic heterocycles. The van der Waals surface area contributed by atoms with Gasteiger partial charge in [0.05, 0.1) is 0 Å². The summed E-state index contributed by atoms with van der Waals surface area (Å²) >= 11 is 0. The van der Waals surface area contributed by atoms with Crippen LogP contribution in [0, 0.1) is 0 Å². The summed E-state index contributed by atoms with van der Waals surface area (Å²) in [6.45, 7) is 4.12. The lowest BCUT2D eigenvalue weighted by molar-refractivity contribution is -0.173. The first-order valence-electron chi connectivity index (χ1n) is 8.85. The fourth-order valence-electron chi connectivity index (χ4n) is 2.37. The molecule has 0 unspecified atom stereocenters. The number of nitrogens with one attached hydrogen (secondary N) is 2. The van der Waals surface area contributed by atoms with Gasteiger partial charge >= 0.3 is 6.18 Å². The van der Waals surface area contributed by atoms with Gasteiger partial charge in [0.25, 0.3) is 0 Å². The number of hydrogen-bond donors (Lipinski definition) is 2. The van der Waals surface area contributed by atoms with Crippen molar-refractivity contribution in [2.45, 2.75) is 25.9 Å². The number of anilines is 1. The van der Waals surface area contributed by atoms with Gasteiger partial charge in [-0.25, -0.2) is 0 Å². The molecule has 0 radical (unpaired) electrons. The van der Waals surface area contributed by atoms with Crippen LogP contribution in [0.5, 0.6) is 0 Å². The largest absolute Gasteiger partial charge is 0.411 e. The number of aliphatic imine (C=N–C) groups is 1. The maximum absolute atomic E-state index is 11.9. The Balaban J connectivity index is 2.14. The fraction of sp³-hybridized carbons (Fsp3) is 0.611. The molecule has 0 heterocycles. The smallest absolute Gasteiger partial charge is 0.372 e. The van der Waals surface area contributed by atoms with Crippen molar-refractivity contribution in [3.63, 3.8) is 0 Å². The predicted octanol–water partition coefficient (Wildman–Crippen LogP) is 3.04. The second-order valence-corrected chi connectivity index (χ2v) is 5.72. The Morgan fingerprint density at radius 3 is 2.35 bits per heavy atom. The molecule has 0 amide bonds. The SMILES string of the molecule is CCN(CCCNC(=NC)NCCCOCC(F)(F)F)c1ccccc1. The Morgan fingerprint density at radius 2 is 1.77 bits per heavy atom. The number of nitrogens with zero attached hydrogens (tertiary/aromatic N) is 2. The van der Waals surface area contributed by atoms with E-state index in [2.05, 4.69) is 44.3 Å². The van der Waals surface area contributed by atoms with E-state index in [0.717, 1.165) is 26.1 Å². The molecule has 26 heavy (non-hydrogen) atoms. The summed E-state index contributed by atoms with van der Waals surface area (Å²) in [5, 5.41) is 6.27. The minimum absolute atomic E-state index is 0.0615. The van der Waals surface area contributed by atoms with Gasteiger partial charge in [-0.1, -0.05) is 18.2 Å². The zero-order valence-electron chi connectivity index (χ0n) is 15.5. The molecule has 0 aliphatic carbocycles. The summed E-state index contributed by atoms with van der Waals surface area (Å²) in [6.07, 6.45) is -2.84. The number of benzene rings is 1. The molecule has 2 N–H and O–H groups in total. The topological polar surface area (TPSA) is 48.9 Å². The van der Waals surface area contributed by atoms with Gasteiger partial charge in [0.1, 0.15) is 6.61 Å². The molecule has 1 aromatic carbocycles. The molecular formula is C18H29F3N4O. The number of hydrogen-bond acceptors (Lipinski definition) is 3. The minimum atomic E-state index is -4.27. The summed E-state index contributed by atoms with van der Waals surface area (Å²) in [7, 11) is 1.66. The van der Waals surface area contributed by atoms with Crippen molar-refractivity contribution < 1.29 is 17.9 Å². The van der Waals surface area contributed by atoms with Gasteiger partial charge in [-0.15, -0.1) is 0 Å². The van der Waals surface area contributed by atoms with E-state index in [4.69, 9.17) is 0 Å². The van der Waals surface area contributed by atoms with Crippen LogP contribution in [0.25, 0.3) is 0 Å². The summed E-state index contributed by atoms with van der Waals surface area (Å²) < 4.78 is 40.4. The van der Waals surface area contributed by atoms with Crippen LogP contribution in [0.4, 0.5) is 18.9 Å². The van der Waals surface area contributed by atoms with Crippen LogP contribution >= 0.6 is 0 Å². The van der Waals surface area contributed by atoms with Crippen molar-refractivity contribution in [1.82, 2.24) is 10.6 Å². The molecule has 5 nitrogen and oxygen atoms in total. The lowest BCUT2D eigenvalue weighted by atomic mass is 10.2. The lowest BCUT2D eigenvalue weighted by Gasteiger charge is -2.23. The molecule has 0 fully saturated rings. The molecule has 0 spiro atoms. The third kappa shape index (κ3) is 10.1. The Kier molecular flexibility index (Phi) is 10.5. The molecule has 148 valence electrons. The van der Waals surface area contributed by atoms with E-state index in [1.54, 1.807) is 7.05 Å². The van der Waals surface area contributed by atoms with Gasteiger partial charge in [-0.3, -0.25) is 4.99 Å². The normalized spacial score (nSPS) is 12.1. The van der Waals surface area contributed by atoms with Gasteiger partial charge in [-0.2, -0.15) is 13.2 Å². The zero-order valence-corrected chi connectivity index (χ0v) is 15.5. The van der Waals surface area contributed by atoms with E-state index < -0.39 is 12.8 Å². The number of guanidine groups is 1. The van der Waals surface area contributed by atoms with Gasteiger partial charge in [0, 0.05) is 45.5 Å². The average Bonchev–Trinajstić information content (AvgIpc) is 2.62. The van der Waals surface area contributed by atoms with Gasteiger partial charge in [0.2, 0.25) is 0 Å². The number of halogens is 3. The number of rotatable bonds is 11. The van der Waals surface area contributed by atoms with E-state index in [9.17, 15) is 13.2 Å². The number of para-hydroxylation sites is 1. The highest BCUT2D eigenvalue weighted by molar-refractivity contribution is 5.79. The van der Waals surface area contributed by atoms with Crippen molar-refractivity contribution in [3.05, 3.63) is 30.3 Å². The Morgan fingerprint density at radius 1 is 1.12 bits per heavy atom. The van der Waals surface area contributed by atoms with E-state index in [1.807, 2.05) is 18.2 Å². The van der Waals surface area contributed by atoms with Crippen LogP contribution in [0.2, 0.25) is 0 Å². The monoisotopic (exact) mass is 374 g/mol. The van der Waals surface area contributed by atoms with Crippen LogP contribution in [0.3, 0.4) is 0 Å². The van der Waals surface area contributed by atoms with Crippen molar-refractivity contribution in [2.75, 3.05) is 51.3 Å². The quantitative estimate of drug-likeness (QED) is 0.355. The first-order chi connectivity index (χ1) is 12.5. The van der Waals surface area contributed by atoms with E-state index >= 15 is 0 Å². The van der Waals surface area contributed by atoms with E-state index in [1.165, 1.54) is 5.69 Å². The van der Waals surface area contributed by atoms with Crippen LogP contribution in [0.1, 0.15) is 19.8 Å². The van der Waals surface area contributed by atoms with Crippen LogP contribution in [-0.2, 0) is 4.74 Å². The summed E-state index contributed by atoms with van der Waals surface area (Å²) in [4.78, 5) is 6.40. The van der Waals surface area contributed by atoms with Crippen LogP contribution < -0.4 is 15.5 Å². The van der Waals surface area contributed by atoms with Gasteiger partial charge in [-0.05, 0) is 31.9 Å². The molecule has 0 atom stereocenters. The van der Waals surface area contributed by atoms with Crippen molar-refractivity contribution >= 4 is 11.6 Å². The molecular weight excluding hydrogens is 345 g/mol. The van der Waals surface area contributed by atoms with E-state index in [-0.39, 0.29) is 6.61 Å². The Hall–Kier alpha value is -1.96. The molecule has 0 bridgehead atoms. The minimum Gasteiger partial charge on any atom is -0.372 e. The first-order valence-corrected chi connectivity index (χ1v) is 8.85. The first kappa shape index (κ1) is 22.1. The molecule has 0 saturated carbocycles. The summed E-state index contributed by atoms with van der Waals surface area (Å²) in [5.41, 5.74) is 1.20. The lowest BCUT2D eigenvalue weighted by Crippen LogP contribution is -2.39. The zero-order chi connectivity index (χ0) is 19.3. The molecule has 1 aromatic rings. The predicted molar refractivity (Wildman–Crippen MR) is 99.8 cm³/mol. The standard InChI is InChI=1S/C18H29F3N4O/c1-3-25(16-9-5-4-6-10-16)13-7-11-23-17(22-2)24-12-8-14-26-15-18(19,20)21/h4-6,9-10H,3,7-8,11-15H2,1-2H3,(H2,22,23,24). The van der Waals surface area contributed by atoms with Gasteiger partial charge < -0.3 is 20.3 Å². The van der Waals surface area contributed by atoms with Crippen LogP contribution in [0.15, 0.2) is 35.3 Å². The number of ether oxygens (including phenoxy) is 1. The maximum Gasteiger partial charge on any atom is 0.411 e. The van der Waals surface area contributed by atoms with Crippen molar-refractivity contribution in [3.8, 4) is 0 Å². The summed E-state index contributed by atoms with van der Waals surface area (Å²) in [6, 6.07) is 10.3. The Bertz CT molecular complexity index is 509. The maximum atomic E-state index is 11.9. The highest BCUT2D eigenvalue weighted by Crippen LogP contribution is 2.14. The van der Waals surface area contributed by atoms with Crippen molar-refractivity contribution in [1.29, 1.82) is 0 Å². The van der Waals surface area contributed by atoms with Crippen LogP contribution in [-0.4, -0.2) is 58.6 Å². The average molecular weight is 374 g/mol. The Labute approximate surface area is 153 Å². The molecule has 1 rings (SSSR count). The third-order valence-corrected chi connectivity index (χ3v) is 3.65. The molecule has 8 heteroatoms. The van der Waals surface area contributed by atoms with Crippen molar-refractivity contribution in [2.24, 2.45) is 4.99 Å². The second kappa shape index (κ2) is 12.4. The highest BCUT2D eigenvalue weighted by Gasteiger charge is 2.27. The third-order valence-electron chi connectivity index (χ3n) is 3.65. The molecule has 0 aliphatic heterocycles. The molecule has 0 aliphatic rings. The fourth-order valence-corrected chi connectivity index (χ4v) is 2.37. The van der Waals surface area contributed by atoms with E-state index in [0.29, 0.717) is 18.9 Å². The highest BCUT2D eigenvalue weighted by atomic mass is 19.4. The molecule has 0 saturated heterocycles. The van der Waals surface area contributed by atoms with Gasteiger partial charge in [0.15, 0.2) is 5.96 Å². The number of alkyl halides is 3.